The first-order chi connectivity index (χ1) is 10.1. The molecule has 0 bridgehead atoms. The van der Waals surface area contributed by atoms with E-state index in [0.717, 1.165) is 18.1 Å². The molecule has 1 aliphatic rings. The topological polar surface area (TPSA) is 70.6 Å². The number of hydrogen-bond acceptors (Lipinski definition) is 3. The van der Waals surface area contributed by atoms with Gasteiger partial charge >= 0.3 is 6.03 Å². The highest BCUT2D eigenvalue weighted by atomic mass is 16.5. The summed E-state index contributed by atoms with van der Waals surface area (Å²) in [6.45, 7) is 3.64. The molecule has 0 spiro atoms. The van der Waals surface area contributed by atoms with Crippen LogP contribution < -0.4 is 10.6 Å². The van der Waals surface area contributed by atoms with Crippen LogP contribution in [0.15, 0.2) is 30.3 Å². The fourth-order valence-corrected chi connectivity index (χ4v) is 1.99. The minimum Gasteiger partial charge on any atom is -0.384 e. The van der Waals surface area contributed by atoms with Gasteiger partial charge in [0, 0.05) is 13.2 Å². The third-order valence-corrected chi connectivity index (χ3v) is 3.57. The predicted octanol–water partition coefficient (Wildman–Crippen LogP) is 1.62. The number of nitrogens with one attached hydrogen (secondary N) is 2. The van der Waals surface area contributed by atoms with Gasteiger partial charge in [-0.3, -0.25) is 0 Å². The van der Waals surface area contributed by atoms with E-state index in [-0.39, 0.29) is 12.6 Å². The summed E-state index contributed by atoms with van der Waals surface area (Å²) in [4.78, 5) is 11.6. The van der Waals surface area contributed by atoms with Gasteiger partial charge in [-0.25, -0.2) is 4.79 Å². The molecule has 21 heavy (non-hydrogen) atoms. The van der Waals surface area contributed by atoms with Gasteiger partial charge in [-0.1, -0.05) is 30.3 Å². The Morgan fingerprint density at radius 1 is 1.33 bits per heavy atom. The molecule has 5 nitrogen and oxygen atoms in total. The fourth-order valence-electron chi connectivity index (χ4n) is 1.99. The van der Waals surface area contributed by atoms with Crippen molar-refractivity contribution in [1.29, 1.82) is 0 Å². The fraction of sp³-hybridized carbons (Fsp3) is 0.562. The zero-order valence-electron chi connectivity index (χ0n) is 12.5. The molecular formula is C16H24N2O3. The van der Waals surface area contributed by atoms with Gasteiger partial charge in [0.25, 0.3) is 0 Å². The van der Waals surface area contributed by atoms with Crippen LogP contribution in [0.5, 0.6) is 0 Å². The van der Waals surface area contributed by atoms with E-state index in [1.165, 1.54) is 12.8 Å². The summed E-state index contributed by atoms with van der Waals surface area (Å²) in [6, 6.07) is 9.00. The van der Waals surface area contributed by atoms with Gasteiger partial charge in [-0.05, 0) is 31.2 Å². The van der Waals surface area contributed by atoms with E-state index in [4.69, 9.17) is 4.74 Å². The molecule has 3 N–H and O–H groups in total. The molecule has 0 aromatic heterocycles. The van der Waals surface area contributed by atoms with Crippen molar-refractivity contribution in [2.75, 3.05) is 26.3 Å². The number of hydrogen-bond donors (Lipinski definition) is 3. The normalized spacial score (nSPS) is 17.0. The van der Waals surface area contributed by atoms with Crippen molar-refractivity contribution in [3.63, 3.8) is 0 Å². The maximum absolute atomic E-state index is 11.6. The number of carbonyl (C=O) groups is 1. The van der Waals surface area contributed by atoms with Gasteiger partial charge in [-0.15, -0.1) is 0 Å². The van der Waals surface area contributed by atoms with E-state index in [1.807, 2.05) is 30.3 Å². The van der Waals surface area contributed by atoms with Gasteiger partial charge in [0.05, 0.1) is 13.2 Å². The molecule has 2 amide bonds. The van der Waals surface area contributed by atoms with Crippen LogP contribution in [0.1, 0.15) is 25.3 Å². The van der Waals surface area contributed by atoms with E-state index in [0.29, 0.717) is 13.2 Å². The van der Waals surface area contributed by atoms with E-state index >= 15 is 0 Å². The summed E-state index contributed by atoms with van der Waals surface area (Å²) < 4.78 is 5.43. The van der Waals surface area contributed by atoms with Gasteiger partial charge in [0.1, 0.15) is 5.60 Å². The Labute approximate surface area is 125 Å². The molecule has 0 saturated heterocycles. The van der Waals surface area contributed by atoms with Crippen LogP contribution in [-0.4, -0.2) is 37.4 Å². The largest absolute Gasteiger partial charge is 0.384 e. The lowest BCUT2D eigenvalue weighted by atomic mass is 9.96. The second-order valence-corrected chi connectivity index (χ2v) is 5.77. The first-order valence-corrected chi connectivity index (χ1v) is 7.45. The molecule has 1 atom stereocenters. The van der Waals surface area contributed by atoms with Crippen LogP contribution in [-0.2, 0) is 10.3 Å². The molecule has 0 aliphatic heterocycles. The third kappa shape index (κ3) is 5.73. The maximum atomic E-state index is 11.6. The molecule has 1 aliphatic carbocycles. The predicted molar refractivity (Wildman–Crippen MR) is 81.0 cm³/mol. The number of amides is 2. The zero-order chi connectivity index (χ0) is 15.1. The maximum Gasteiger partial charge on any atom is 0.314 e. The lowest BCUT2D eigenvalue weighted by Crippen LogP contribution is -2.44. The van der Waals surface area contributed by atoms with E-state index in [9.17, 15) is 9.90 Å². The highest BCUT2D eigenvalue weighted by Crippen LogP contribution is 2.28. The van der Waals surface area contributed by atoms with Crippen LogP contribution in [0.2, 0.25) is 0 Å². The van der Waals surface area contributed by atoms with Crippen molar-refractivity contribution in [1.82, 2.24) is 10.6 Å². The Balaban J connectivity index is 1.61. The van der Waals surface area contributed by atoms with Gasteiger partial charge in [-0.2, -0.15) is 0 Å². The number of urea groups is 1. The highest BCUT2D eigenvalue weighted by molar-refractivity contribution is 5.73. The summed E-state index contributed by atoms with van der Waals surface area (Å²) in [5.74, 6) is 0.736. The molecule has 1 unspecified atom stereocenters. The summed E-state index contributed by atoms with van der Waals surface area (Å²) in [7, 11) is 0. The minimum atomic E-state index is -1.08. The molecule has 1 fully saturated rings. The molecule has 1 saturated carbocycles. The standard InChI is InChI=1S/C16H24N2O3/c1-16(20,14-5-3-2-4-6-14)12-18-15(19)17-9-10-21-11-13-7-8-13/h2-6,13,20H,7-12H2,1H3,(H2,17,18,19). The van der Waals surface area contributed by atoms with Crippen LogP contribution in [0.3, 0.4) is 0 Å². The van der Waals surface area contributed by atoms with Crippen LogP contribution in [0.4, 0.5) is 4.79 Å². The Morgan fingerprint density at radius 2 is 2.05 bits per heavy atom. The van der Waals surface area contributed by atoms with E-state index in [1.54, 1.807) is 6.92 Å². The first-order valence-electron chi connectivity index (χ1n) is 7.45. The molecule has 0 radical (unpaired) electrons. The lowest BCUT2D eigenvalue weighted by molar-refractivity contribution is 0.0592. The number of aliphatic hydroxyl groups is 1. The summed E-state index contributed by atoms with van der Waals surface area (Å²) in [5.41, 5.74) is -0.306. The van der Waals surface area contributed by atoms with Gasteiger partial charge in [0.15, 0.2) is 0 Å². The molecular weight excluding hydrogens is 268 g/mol. The van der Waals surface area contributed by atoms with Crippen molar-refractivity contribution in [3.8, 4) is 0 Å². The number of rotatable bonds is 8. The van der Waals surface area contributed by atoms with Gasteiger partial charge < -0.3 is 20.5 Å². The monoisotopic (exact) mass is 292 g/mol. The Bertz CT molecular complexity index is 444. The van der Waals surface area contributed by atoms with Crippen molar-refractivity contribution in [2.45, 2.75) is 25.4 Å². The Morgan fingerprint density at radius 3 is 2.71 bits per heavy atom. The zero-order valence-corrected chi connectivity index (χ0v) is 12.5. The minimum absolute atomic E-state index is 0.159. The third-order valence-electron chi connectivity index (χ3n) is 3.57. The van der Waals surface area contributed by atoms with Crippen molar-refractivity contribution in [3.05, 3.63) is 35.9 Å². The van der Waals surface area contributed by atoms with Crippen LogP contribution in [0, 0.1) is 5.92 Å². The SMILES string of the molecule is CC(O)(CNC(=O)NCCOCC1CC1)c1ccccc1. The number of ether oxygens (including phenoxy) is 1. The van der Waals surface area contributed by atoms with Crippen molar-refractivity contribution < 1.29 is 14.6 Å². The average Bonchev–Trinajstić information content (AvgIpc) is 3.30. The second kappa shape index (κ2) is 7.43. The van der Waals surface area contributed by atoms with Crippen molar-refractivity contribution >= 4 is 6.03 Å². The molecule has 2 rings (SSSR count). The summed E-state index contributed by atoms with van der Waals surface area (Å²) in [6.07, 6.45) is 2.53. The smallest absolute Gasteiger partial charge is 0.314 e. The number of carbonyl (C=O) groups excluding carboxylic acids is 1. The first kappa shape index (κ1) is 15.8. The summed E-state index contributed by atoms with van der Waals surface area (Å²) in [5, 5.41) is 15.7. The van der Waals surface area contributed by atoms with E-state index in [2.05, 4.69) is 10.6 Å². The number of benzene rings is 1. The quantitative estimate of drug-likeness (QED) is 0.638. The lowest BCUT2D eigenvalue weighted by Gasteiger charge is -2.24. The average molecular weight is 292 g/mol. The van der Waals surface area contributed by atoms with Crippen LogP contribution >= 0.6 is 0 Å². The summed E-state index contributed by atoms with van der Waals surface area (Å²) >= 11 is 0. The Hall–Kier alpha value is -1.59. The molecule has 1 aromatic carbocycles. The molecule has 0 heterocycles. The van der Waals surface area contributed by atoms with Crippen LogP contribution in [0.25, 0.3) is 0 Å². The molecule has 1 aromatic rings. The molecule has 116 valence electrons. The highest BCUT2D eigenvalue weighted by Gasteiger charge is 2.23. The van der Waals surface area contributed by atoms with Crippen molar-refractivity contribution in [2.24, 2.45) is 5.92 Å². The van der Waals surface area contributed by atoms with E-state index < -0.39 is 5.60 Å². The van der Waals surface area contributed by atoms with Gasteiger partial charge in [0.2, 0.25) is 0 Å². The Kier molecular flexibility index (Phi) is 5.59. The second-order valence-electron chi connectivity index (χ2n) is 5.77. The molecule has 5 heteroatoms.